The molecule has 1 aromatic heterocycles. The summed E-state index contributed by atoms with van der Waals surface area (Å²) in [4.78, 5) is 4.27. The van der Waals surface area contributed by atoms with Crippen LogP contribution in [0.2, 0.25) is 0 Å². The third-order valence-electron chi connectivity index (χ3n) is 2.73. The van der Waals surface area contributed by atoms with E-state index in [9.17, 15) is 5.11 Å². The summed E-state index contributed by atoms with van der Waals surface area (Å²) >= 11 is 0. The fraction of sp³-hybridized carbons (Fsp3) is 0.308. The zero-order valence-electron chi connectivity index (χ0n) is 9.47. The maximum Gasteiger partial charge on any atom is 0.119 e. The normalized spacial score (nSPS) is 12.7. The van der Waals surface area contributed by atoms with Gasteiger partial charge in [0.1, 0.15) is 5.75 Å². The van der Waals surface area contributed by atoms with Crippen molar-refractivity contribution >= 4 is 10.9 Å². The van der Waals surface area contributed by atoms with Crippen LogP contribution in [0.3, 0.4) is 0 Å². The fourth-order valence-electron chi connectivity index (χ4n) is 1.78. The Balaban J connectivity index is 2.64. The molecular weight excluding hydrogens is 202 g/mol. The van der Waals surface area contributed by atoms with Crippen LogP contribution in [0.1, 0.15) is 25.0 Å². The lowest BCUT2D eigenvalue weighted by Gasteiger charge is -2.11. The number of aromatic nitrogens is 1. The molecule has 0 saturated heterocycles. The quantitative estimate of drug-likeness (QED) is 0.859. The van der Waals surface area contributed by atoms with Crippen molar-refractivity contribution in [3.8, 4) is 5.75 Å². The van der Waals surface area contributed by atoms with Crippen LogP contribution < -0.4 is 4.74 Å². The molecule has 84 valence electrons. The number of aliphatic hydroxyl groups is 1. The topological polar surface area (TPSA) is 42.4 Å². The van der Waals surface area contributed by atoms with E-state index in [4.69, 9.17) is 4.74 Å². The summed E-state index contributed by atoms with van der Waals surface area (Å²) in [5.74, 6) is 0.782. The number of hydrogen-bond donors (Lipinski definition) is 1. The van der Waals surface area contributed by atoms with Crippen molar-refractivity contribution in [1.82, 2.24) is 4.98 Å². The van der Waals surface area contributed by atoms with Gasteiger partial charge < -0.3 is 9.84 Å². The van der Waals surface area contributed by atoms with Gasteiger partial charge in [-0.25, -0.2) is 0 Å². The van der Waals surface area contributed by atoms with Gasteiger partial charge in [-0.05, 0) is 36.2 Å². The molecule has 1 N–H and O–H groups in total. The Hall–Kier alpha value is -1.61. The van der Waals surface area contributed by atoms with Crippen molar-refractivity contribution in [1.29, 1.82) is 0 Å². The molecule has 0 aliphatic carbocycles. The molecule has 2 rings (SSSR count). The Morgan fingerprint density at radius 1 is 1.38 bits per heavy atom. The van der Waals surface area contributed by atoms with Crippen LogP contribution in [-0.4, -0.2) is 17.2 Å². The number of hydrogen-bond acceptors (Lipinski definition) is 3. The summed E-state index contributed by atoms with van der Waals surface area (Å²) in [6.45, 7) is 1.96. The molecule has 0 saturated carbocycles. The lowest BCUT2D eigenvalue weighted by atomic mass is 10.0. The summed E-state index contributed by atoms with van der Waals surface area (Å²) in [5, 5.41) is 10.9. The second-order valence-corrected chi connectivity index (χ2v) is 3.71. The van der Waals surface area contributed by atoms with Gasteiger partial charge in [-0.1, -0.05) is 6.92 Å². The van der Waals surface area contributed by atoms with Crippen LogP contribution in [0.15, 0.2) is 30.5 Å². The fourth-order valence-corrected chi connectivity index (χ4v) is 1.78. The minimum absolute atomic E-state index is 0.447. The first-order valence-corrected chi connectivity index (χ1v) is 5.37. The zero-order chi connectivity index (χ0) is 11.5. The molecule has 0 unspecified atom stereocenters. The highest BCUT2D eigenvalue weighted by Crippen LogP contribution is 2.27. The molecule has 0 aliphatic rings. The number of rotatable bonds is 3. The second-order valence-electron chi connectivity index (χ2n) is 3.71. The van der Waals surface area contributed by atoms with Crippen LogP contribution in [0.5, 0.6) is 5.75 Å². The van der Waals surface area contributed by atoms with E-state index in [1.54, 1.807) is 13.3 Å². The lowest BCUT2D eigenvalue weighted by Crippen LogP contribution is -1.97. The van der Waals surface area contributed by atoms with Crippen LogP contribution >= 0.6 is 0 Å². The van der Waals surface area contributed by atoms with E-state index in [-0.39, 0.29) is 0 Å². The Kier molecular flexibility index (Phi) is 3.06. The van der Waals surface area contributed by atoms with Crippen LogP contribution in [0.25, 0.3) is 10.9 Å². The molecule has 0 amide bonds. The van der Waals surface area contributed by atoms with Crippen LogP contribution in [0, 0.1) is 0 Å². The van der Waals surface area contributed by atoms with E-state index in [1.807, 2.05) is 31.2 Å². The number of fused-ring (bicyclic) bond motifs is 1. The summed E-state index contributed by atoms with van der Waals surface area (Å²) in [6.07, 6.45) is 1.97. The highest BCUT2D eigenvalue weighted by molar-refractivity contribution is 5.83. The van der Waals surface area contributed by atoms with Gasteiger partial charge in [0.25, 0.3) is 0 Å². The molecule has 0 radical (unpaired) electrons. The highest BCUT2D eigenvalue weighted by Gasteiger charge is 2.10. The Labute approximate surface area is 94.7 Å². The first kappa shape index (κ1) is 10.9. The molecule has 3 heteroatoms. The number of aliphatic hydroxyl groups excluding tert-OH is 1. The number of nitrogens with zero attached hydrogens (tertiary/aromatic N) is 1. The van der Waals surface area contributed by atoms with E-state index < -0.39 is 6.10 Å². The molecule has 0 bridgehead atoms. The predicted octanol–water partition coefficient (Wildman–Crippen LogP) is 2.69. The first-order chi connectivity index (χ1) is 7.76. The van der Waals surface area contributed by atoms with E-state index in [0.29, 0.717) is 6.42 Å². The van der Waals surface area contributed by atoms with Crippen molar-refractivity contribution in [3.05, 3.63) is 36.0 Å². The van der Waals surface area contributed by atoms with Gasteiger partial charge in [0.05, 0.1) is 18.7 Å². The molecule has 3 nitrogen and oxygen atoms in total. The van der Waals surface area contributed by atoms with Gasteiger partial charge in [0.15, 0.2) is 0 Å². The monoisotopic (exact) mass is 217 g/mol. The largest absolute Gasteiger partial charge is 0.497 e. The minimum atomic E-state index is -0.447. The van der Waals surface area contributed by atoms with E-state index >= 15 is 0 Å². The smallest absolute Gasteiger partial charge is 0.119 e. The van der Waals surface area contributed by atoms with Crippen LogP contribution in [-0.2, 0) is 0 Å². The molecule has 1 atom stereocenters. The SMILES string of the molecule is CC[C@H](O)c1ccnc2ccc(OC)cc12. The zero-order valence-corrected chi connectivity index (χ0v) is 9.47. The molecule has 1 heterocycles. The summed E-state index contributed by atoms with van der Waals surface area (Å²) in [5.41, 5.74) is 1.79. The number of methoxy groups -OCH3 is 1. The molecule has 2 aromatic rings. The maximum atomic E-state index is 9.92. The van der Waals surface area contributed by atoms with Gasteiger partial charge in [-0.15, -0.1) is 0 Å². The third-order valence-corrected chi connectivity index (χ3v) is 2.73. The average Bonchev–Trinajstić information content (AvgIpc) is 2.36. The van der Waals surface area contributed by atoms with Gasteiger partial charge in [-0.2, -0.15) is 0 Å². The first-order valence-electron chi connectivity index (χ1n) is 5.37. The third kappa shape index (κ3) is 1.86. The Bertz CT molecular complexity index is 496. The highest BCUT2D eigenvalue weighted by atomic mass is 16.5. The van der Waals surface area contributed by atoms with E-state index in [2.05, 4.69) is 4.98 Å². The predicted molar refractivity (Wildman–Crippen MR) is 63.5 cm³/mol. The summed E-state index contributed by atoms with van der Waals surface area (Å²) in [7, 11) is 1.63. The molecular formula is C13H15NO2. The van der Waals surface area contributed by atoms with Crippen molar-refractivity contribution in [2.45, 2.75) is 19.4 Å². The van der Waals surface area contributed by atoms with E-state index in [1.165, 1.54) is 0 Å². The Morgan fingerprint density at radius 2 is 2.19 bits per heavy atom. The van der Waals surface area contributed by atoms with Crippen LogP contribution in [0.4, 0.5) is 0 Å². The van der Waals surface area contributed by atoms with Gasteiger partial charge >= 0.3 is 0 Å². The molecule has 0 fully saturated rings. The minimum Gasteiger partial charge on any atom is -0.497 e. The summed E-state index contributed by atoms with van der Waals surface area (Å²) < 4.78 is 5.18. The number of benzene rings is 1. The van der Waals surface area contributed by atoms with Crippen molar-refractivity contribution < 1.29 is 9.84 Å². The average molecular weight is 217 g/mol. The van der Waals surface area contributed by atoms with Gasteiger partial charge in [0.2, 0.25) is 0 Å². The molecule has 1 aromatic carbocycles. The van der Waals surface area contributed by atoms with Gasteiger partial charge in [-0.3, -0.25) is 4.98 Å². The van der Waals surface area contributed by atoms with Crippen molar-refractivity contribution in [3.63, 3.8) is 0 Å². The summed E-state index contributed by atoms with van der Waals surface area (Å²) in [6, 6.07) is 7.55. The lowest BCUT2D eigenvalue weighted by molar-refractivity contribution is 0.175. The Morgan fingerprint density at radius 3 is 2.88 bits per heavy atom. The number of ether oxygens (including phenoxy) is 1. The number of pyridine rings is 1. The van der Waals surface area contributed by atoms with Crippen molar-refractivity contribution in [2.75, 3.05) is 7.11 Å². The second kappa shape index (κ2) is 4.49. The molecule has 16 heavy (non-hydrogen) atoms. The standard InChI is InChI=1S/C13H15NO2/c1-3-13(15)10-6-7-14-12-5-4-9(16-2)8-11(10)12/h4-8,13,15H,3H2,1-2H3/t13-/m0/s1. The van der Waals surface area contributed by atoms with Crippen molar-refractivity contribution in [2.24, 2.45) is 0 Å². The molecule has 0 aliphatic heterocycles. The van der Waals surface area contributed by atoms with E-state index in [0.717, 1.165) is 22.2 Å². The van der Waals surface area contributed by atoms with Gasteiger partial charge in [0, 0.05) is 11.6 Å². The molecule has 0 spiro atoms. The maximum absolute atomic E-state index is 9.92.